The summed E-state index contributed by atoms with van der Waals surface area (Å²) in [7, 11) is 0. The van der Waals surface area contributed by atoms with Crippen molar-refractivity contribution in [3.05, 3.63) is 28.3 Å². The number of nitrogens with one attached hydrogen (secondary N) is 2. The molecule has 0 bridgehead atoms. The van der Waals surface area contributed by atoms with Crippen molar-refractivity contribution >= 4 is 17.8 Å². The molecule has 11 nitrogen and oxygen atoms in total. The summed E-state index contributed by atoms with van der Waals surface area (Å²) in [6.07, 6.45) is 2.39. The van der Waals surface area contributed by atoms with Crippen molar-refractivity contribution in [3.63, 3.8) is 0 Å². The van der Waals surface area contributed by atoms with E-state index >= 15 is 0 Å². The third kappa shape index (κ3) is 4.93. The molecule has 0 aliphatic carbocycles. The number of rotatable bonds is 5. The quantitative estimate of drug-likeness (QED) is 0.613. The van der Waals surface area contributed by atoms with E-state index < -0.39 is 5.54 Å². The maximum absolute atomic E-state index is 13.9. The lowest BCUT2D eigenvalue weighted by Gasteiger charge is -2.47. The van der Waals surface area contributed by atoms with Crippen molar-refractivity contribution in [2.45, 2.75) is 85.0 Å². The van der Waals surface area contributed by atoms with E-state index in [-0.39, 0.29) is 24.4 Å². The monoisotopic (exact) mass is 527 g/mol. The molecule has 3 amide bonds. The number of anilines is 1. The summed E-state index contributed by atoms with van der Waals surface area (Å²) in [6.45, 7) is 16.8. The topological polar surface area (TPSA) is 120 Å². The van der Waals surface area contributed by atoms with Crippen LogP contribution in [0.4, 0.5) is 10.6 Å². The first kappa shape index (κ1) is 26.7. The highest BCUT2D eigenvalue weighted by Crippen LogP contribution is 2.41. The molecule has 0 saturated carbocycles. The standard InChI is InChI=1S/C27H41N7O4/c1-16-13-33(17(2)12-32(16)14-20-7-9-37-10-8-20)26(36)34-15-22-24(27(34,5)6)29-30-25(22)28-23(35)11-21-18(3)31-38-19(21)4/h16-17,20H,7-15H2,1-6H3,(H2,28,29,30,35)/t16-,17+/m1/s1. The number of H-pyrrole nitrogens is 1. The van der Waals surface area contributed by atoms with Crippen molar-refractivity contribution in [2.75, 3.05) is 38.2 Å². The Bertz CT molecular complexity index is 1160. The summed E-state index contributed by atoms with van der Waals surface area (Å²) < 4.78 is 10.7. The molecule has 3 aliphatic heterocycles. The molecule has 2 aromatic rings. The zero-order chi connectivity index (χ0) is 27.2. The molecule has 2 fully saturated rings. The predicted molar refractivity (Wildman–Crippen MR) is 142 cm³/mol. The molecule has 0 aromatic carbocycles. The summed E-state index contributed by atoms with van der Waals surface area (Å²) >= 11 is 0. The fraction of sp³-hybridized carbons (Fsp3) is 0.704. The van der Waals surface area contributed by atoms with Crippen LogP contribution in [0.2, 0.25) is 0 Å². The summed E-state index contributed by atoms with van der Waals surface area (Å²) in [5.74, 6) is 1.59. The maximum atomic E-state index is 13.9. The van der Waals surface area contributed by atoms with Gasteiger partial charge in [0.15, 0.2) is 5.82 Å². The Hall–Kier alpha value is -2.92. The van der Waals surface area contributed by atoms with E-state index in [9.17, 15) is 9.59 Å². The van der Waals surface area contributed by atoms with Crippen LogP contribution >= 0.6 is 0 Å². The average molecular weight is 528 g/mol. The van der Waals surface area contributed by atoms with Gasteiger partial charge in [0.1, 0.15) is 5.76 Å². The minimum absolute atomic E-state index is 0.0256. The van der Waals surface area contributed by atoms with Gasteiger partial charge in [-0.05, 0) is 60.3 Å². The molecule has 5 heterocycles. The lowest BCUT2D eigenvalue weighted by molar-refractivity contribution is -0.115. The van der Waals surface area contributed by atoms with Crippen LogP contribution in [0.15, 0.2) is 4.52 Å². The number of aromatic amines is 1. The molecular formula is C27H41N7O4. The van der Waals surface area contributed by atoms with E-state index in [4.69, 9.17) is 9.26 Å². The Morgan fingerprint density at radius 3 is 2.55 bits per heavy atom. The Balaban J connectivity index is 1.25. The van der Waals surface area contributed by atoms with Crippen molar-refractivity contribution < 1.29 is 18.8 Å². The Morgan fingerprint density at radius 2 is 1.87 bits per heavy atom. The van der Waals surface area contributed by atoms with Crippen molar-refractivity contribution in [3.8, 4) is 0 Å². The first-order valence-electron chi connectivity index (χ1n) is 13.8. The molecule has 38 heavy (non-hydrogen) atoms. The first-order valence-corrected chi connectivity index (χ1v) is 13.8. The highest BCUT2D eigenvalue weighted by atomic mass is 16.5. The predicted octanol–water partition coefficient (Wildman–Crippen LogP) is 3.19. The van der Waals surface area contributed by atoms with Gasteiger partial charge >= 0.3 is 6.03 Å². The van der Waals surface area contributed by atoms with E-state index in [1.807, 2.05) is 30.6 Å². The lowest BCUT2D eigenvalue weighted by Crippen LogP contribution is -2.62. The van der Waals surface area contributed by atoms with Gasteiger partial charge in [-0.2, -0.15) is 5.10 Å². The summed E-state index contributed by atoms with van der Waals surface area (Å²) in [5, 5.41) is 14.3. The van der Waals surface area contributed by atoms with Crippen LogP contribution in [-0.4, -0.2) is 86.9 Å². The SMILES string of the molecule is Cc1noc(C)c1CC(=O)Nc1n[nH]c2c1CN(C(=O)N1C[C@@H](C)N(CC3CCOCC3)C[C@@H]1C)C2(C)C. The van der Waals surface area contributed by atoms with Crippen LogP contribution in [-0.2, 0) is 28.0 Å². The van der Waals surface area contributed by atoms with Crippen LogP contribution in [0.1, 0.15) is 68.8 Å². The molecule has 2 saturated heterocycles. The van der Waals surface area contributed by atoms with E-state index in [2.05, 4.69) is 39.4 Å². The lowest BCUT2D eigenvalue weighted by atomic mass is 9.97. The van der Waals surface area contributed by atoms with Crippen LogP contribution in [0.25, 0.3) is 0 Å². The van der Waals surface area contributed by atoms with Crippen molar-refractivity contribution in [2.24, 2.45) is 5.92 Å². The Labute approximate surface area is 224 Å². The van der Waals surface area contributed by atoms with Crippen molar-refractivity contribution in [1.29, 1.82) is 0 Å². The molecule has 3 aliphatic rings. The molecule has 11 heteroatoms. The number of fused-ring (bicyclic) bond motifs is 1. The minimum atomic E-state index is -0.577. The van der Waals surface area contributed by atoms with Gasteiger partial charge in [-0.25, -0.2) is 4.79 Å². The number of piperazine rings is 1. The molecule has 208 valence electrons. The number of aryl methyl sites for hydroxylation is 2. The fourth-order valence-electron chi connectivity index (χ4n) is 6.15. The van der Waals surface area contributed by atoms with Gasteiger partial charge in [-0.1, -0.05) is 5.16 Å². The molecule has 2 atom stereocenters. The zero-order valence-electron chi connectivity index (χ0n) is 23.5. The van der Waals surface area contributed by atoms with E-state index in [1.165, 1.54) is 0 Å². The fourth-order valence-corrected chi connectivity index (χ4v) is 6.15. The second kappa shape index (κ2) is 10.3. The molecule has 2 aromatic heterocycles. The molecule has 0 radical (unpaired) electrons. The molecule has 0 spiro atoms. The van der Waals surface area contributed by atoms with E-state index in [0.717, 1.165) is 56.0 Å². The second-order valence-corrected chi connectivity index (χ2v) is 11.7. The number of nitrogens with zero attached hydrogens (tertiary/aromatic N) is 5. The molecule has 2 N–H and O–H groups in total. The van der Waals surface area contributed by atoms with Gasteiger partial charge in [0.05, 0.1) is 29.9 Å². The largest absolute Gasteiger partial charge is 0.381 e. The number of carbonyl (C=O) groups excluding carboxylic acids is 2. The smallest absolute Gasteiger partial charge is 0.321 e. The average Bonchev–Trinajstić information content (AvgIpc) is 3.51. The summed E-state index contributed by atoms with van der Waals surface area (Å²) in [6, 6.07) is 0.431. The number of ether oxygens (including phenoxy) is 1. The maximum Gasteiger partial charge on any atom is 0.321 e. The number of hydrogen-bond donors (Lipinski definition) is 2. The number of hydrogen-bond acceptors (Lipinski definition) is 7. The van der Waals surface area contributed by atoms with Crippen LogP contribution in [0.3, 0.4) is 0 Å². The normalized spacial score (nSPS) is 24.1. The number of carbonyl (C=O) groups is 2. The van der Waals surface area contributed by atoms with Gasteiger partial charge in [0.25, 0.3) is 0 Å². The van der Waals surface area contributed by atoms with Crippen LogP contribution in [0.5, 0.6) is 0 Å². The second-order valence-electron chi connectivity index (χ2n) is 11.7. The Kier molecular flexibility index (Phi) is 7.25. The van der Waals surface area contributed by atoms with Gasteiger partial charge < -0.3 is 24.4 Å². The van der Waals surface area contributed by atoms with E-state index in [0.29, 0.717) is 42.3 Å². The highest BCUT2D eigenvalue weighted by Gasteiger charge is 2.47. The molecule has 5 rings (SSSR count). The first-order chi connectivity index (χ1) is 18.1. The molecule has 0 unspecified atom stereocenters. The van der Waals surface area contributed by atoms with Crippen molar-refractivity contribution in [1.82, 2.24) is 30.1 Å². The number of aromatic nitrogens is 3. The third-order valence-electron chi connectivity index (χ3n) is 8.67. The Morgan fingerprint density at radius 1 is 1.13 bits per heavy atom. The van der Waals surface area contributed by atoms with Crippen LogP contribution in [0, 0.1) is 19.8 Å². The van der Waals surface area contributed by atoms with Gasteiger partial charge in [-0.15, -0.1) is 0 Å². The van der Waals surface area contributed by atoms with Gasteiger partial charge in [0.2, 0.25) is 5.91 Å². The molecular weight excluding hydrogens is 486 g/mol. The zero-order valence-corrected chi connectivity index (χ0v) is 23.5. The van der Waals surface area contributed by atoms with E-state index in [1.54, 1.807) is 6.92 Å². The highest BCUT2D eigenvalue weighted by molar-refractivity contribution is 5.92. The summed E-state index contributed by atoms with van der Waals surface area (Å²) in [4.78, 5) is 33.2. The minimum Gasteiger partial charge on any atom is -0.381 e. The van der Waals surface area contributed by atoms with Gasteiger partial charge in [-0.3, -0.25) is 14.8 Å². The third-order valence-corrected chi connectivity index (χ3v) is 8.67. The van der Waals surface area contributed by atoms with Gasteiger partial charge in [0, 0.05) is 56.1 Å². The number of urea groups is 1. The number of amides is 3. The van der Waals surface area contributed by atoms with Crippen LogP contribution < -0.4 is 5.32 Å². The summed E-state index contributed by atoms with van der Waals surface area (Å²) in [5.41, 5.74) is 2.63.